The molecule has 1 atom stereocenters. The molecule has 0 spiro atoms. The van der Waals surface area contributed by atoms with Crippen LogP contribution in [0.2, 0.25) is 0 Å². The summed E-state index contributed by atoms with van der Waals surface area (Å²) in [5, 5.41) is 9.63. The van der Waals surface area contributed by atoms with Gasteiger partial charge in [0, 0.05) is 11.4 Å². The van der Waals surface area contributed by atoms with Crippen LogP contribution in [0.4, 0.5) is 24.5 Å². The molecule has 5 nitrogen and oxygen atoms in total. The average Bonchev–Trinajstić information content (AvgIpc) is 2.83. The molecule has 0 aliphatic heterocycles. The third-order valence-corrected chi connectivity index (χ3v) is 6.52. The number of carbonyl (C=O) groups is 1. The standard InChI is InChI=1S/C27H27F3N2O3/c28-27(29,30)19-10-6-18(7-11-19)25(17-4-2-1-3-5-17)35-21-12-8-16(9-13-21)24-22(26(33)34)14-20(31)15-23(24)32/h1-7,10-11,14-16,21,25H,8-9,12-13,31-32H2,(H,33,34). The largest absolute Gasteiger partial charge is 0.478 e. The van der Waals surface area contributed by atoms with E-state index in [4.69, 9.17) is 16.2 Å². The van der Waals surface area contributed by atoms with Gasteiger partial charge in [-0.1, -0.05) is 42.5 Å². The minimum Gasteiger partial charge on any atom is -0.478 e. The predicted octanol–water partition coefficient (Wildman–Crippen LogP) is 6.40. The molecule has 1 fully saturated rings. The molecule has 4 rings (SSSR count). The number of anilines is 2. The highest BCUT2D eigenvalue weighted by molar-refractivity contribution is 5.93. The third kappa shape index (κ3) is 5.59. The fourth-order valence-electron chi connectivity index (χ4n) is 4.84. The van der Waals surface area contributed by atoms with Gasteiger partial charge in [-0.25, -0.2) is 4.79 Å². The van der Waals surface area contributed by atoms with E-state index in [0.717, 1.165) is 17.7 Å². The fourth-order valence-corrected chi connectivity index (χ4v) is 4.84. The van der Waals surface area contributed by atoms with E-state index in [-0.39, 0.29) is 17.6 Å². The molecule has 1 aliphatic rings. The van der Waals surface area contributed by atoms with Crippen molar-refractivity contribution in [1.82, 2.24) is 0 Å². The monoisotopic (exact) mass is 484 g/mol. The number of nitrogens with two attached hydrogens (primary N) is 2. The van der Waals surface area contributed by atoms with Gasteiger partial charge >= 0.3 is 12.1 Å². The molecule has 8 heteroatoms. The first-order valence-electron chi connectivity index (χ1n) is 11.4. The summed E-state index contributed by atoms with van der Waals surface area (Å²) < 4.78 is 45.6. The van der Waals surface area contributed by atoms with E-state index in [1.165, 1.54) is 18.2 Å². The highest BCUT2D eigenvalue weighted by Crippen LogP contribution is 2.41. The Labute approximate surface area is 201 Å². The number of benzene rings is 3. The molecule has 3 aromatic rings. The lowest BCUT2D eigenvalue weighted by atomic mass is 9.80. The maximum Gasteiger partial charge on any atom is 0.416 e. The first kappa shape index (κ1) is 24.6. The minimum atomic E-state index is -4.40. The molecule has 1 saturated carbocycles. The quantitative estimate of drug-likeness (QED) is 0.352. The second-order valence-electron chi connectivity index (χ2n) is 8.90. The van der Waals surface area contributed by atoms with Gasteiger partial charge in [0.15, 0.2) is 0 Å². The number of nitrogen functional groups attached to an aromatic ring is 2. The normalized spacial score (nSPS) is 19.3. The number of aromatic carboxylic acids is 1. The zero-order chi connectivity index (χ0) is 25.2. The van der Waals surface area contributed by atoms with Gasteiger partial charge in [-0.3, -0.25) is 0 Å². The van der Waals surface area contributed by atoms with Crippen LogP contribution in [0.3, 0.4) is 0 Å². The van der Waals surface area contributed by atoms with Gasteiger partial charge in [0.25, 0.3) is 0 Å². The van der Waals surface area contributed by atoms with Crippen LogP contribution in [-0.4, -0.2) is 17.2 Å². The van der Waals surface area contributed by atoms with Crippen LogP contribution in [0.5, 0.6) is 0 Å². The number of alkyl halides is 3. The van der Waals surface area contributed by atoms with E-state index in [2.05, 4.69) is 0 Å². The predicted molar refractivity (Wildman–Crippen MR) is 128 cm³/mol. The molecule has 0 amide bonds. The van der Waals surface area contributed by atoms with Crippen LogP contribution in [0, 0.1) is 0 Å². The first-order chi connectivity index (χ1) is 16.6. The SMILES string of the molecule is Nc1cc(N)c(C2CCC(OC(c3ccccc3)c3ccc(C(F)(F)F)cc3)CC2)c(C(=O)O)c1. The van der Waals surface area contributed by atoms with Gasteiger partial charge in [0.05, 0.1) is 17.2 Å². The molecule has 35 heavy (non-hydrogen) atoms. The minimum absolute atomic E-state index is 0.0391. The Morgan fingerprint density at radius 2 is 1.51 bits per heavy atom. The summed E-state index contributed by atoms with van der Waals surface area (Å²) >= 11 is 0. The first-order valence-corrected chi connectivity index (χ1v) is 11.4. The second kappa shape index (κ2) is 10.00. The van der Waals surface area contributed by atoms with Gasteiger partial charge < -0.3 is 21.3 Å². The van der Waals surface area contributed by atoms with Crippen molar-refractivity contribution in [2.75, 3.05) is 11.5 Å². The summed E-state index contributed by atoms with van der Waals surface area (Å²) in [6.45, 7) is 0. The number of halogens is 3. The van der Waals surface area contributed by atoms with Crippen molar-refractivity contribution < 1.29 is 27.8 Å². The van der Waals surface area contributed by atoms with E-state index in [0.29, 0.717) is 48.2 Å². The Kier molecular flexibility index (Phi) is 7.03. The van der Waals surface area contributed by atoms with Crippen LogP contribution < -0.4 is 11.5 Å². The number of hydrogen-bond donors (Lipinski definition) is 3. The van der Waals surface area contributed by atoms with Crippen molar-refractivity contribution in [2.24, 2.45) is 0 Å². The molecule has 0 radical (unpaired) electrons. The van der Waals surface area contributed by atoms with E-state index in [1.54, 1.807) is 6.07 Å². The van der Waals surface area contributed by atoms with Crippen LogP contribution >= 0.6 is 0 Å². The lowest BCUT2D eigenvalue weighted by Gasteiger charge is -2.33. The Morgan fingerprint density at radius 3 is 2.09 bits per heavy atom. The lowest BCUT2D eigenvalue weighted by molar-refractivity contribution is -0.137. The summed E-state index contributed by atoms with van der Waals surface area (Å²) in [5.41, 5.74) is 14.1. The zero-order valence-corrected chi connectivity index (χ0v) is 19.0. The van der Waals surface area contributed by atoms with Crippen molar-refractivity contribution >= 4 is 17.3 Å². The smallest absolute Gasteiger partial charge is 0.416 e. The Bertz CT molecular complexity index is 1170. The fraction of sp³-hybridized carbons (Fsp3) is 0.296. The lowest BCUT2D eigenvalue weighted by Crippen LogP contribution is -2.25. The maximum atomic E-state index is 13.0. The van der Waals surface area contributed by atoms with Gasteiger partial charge in [0.2, 0.25) is 0 Å². The Hall–Kier alpha value is -3.52. The highest BCUT2D eigenvalue weighted by atomic mass is 19.4. The van der Waals surface area contributed by atoms with Gasteiger partial charge in [-0.05, 0) is 72.6 Å². The van der Waals surface area contributed by atoms with Gasteiger partial charge in [0.1, 0.15) is 6.10 Å². The second-order valence-corrected chi connectivity index (χ2v) is 8.90. The summed E-state index contributed by atoms with van der Waals surface area (Å²) in [6, 6.07) is 17.5. The molecule has 0 heterocycles. The van der Waals surface area contributed by atoms with E-state index < -0.39 is 23.8 Å². The molecule has 3 aromatic carbocycles. The number of rotatable bonds is 6. The third-order valence-electron chi connectivity index (χ3n) is 6.52. The Morgan fingerprint density at radius 1 is 0.914 bits per heavy atom. The van der Waals surface area contributed by atoms with Crippen molar-refractivity contribution in [3.63, 3.8) is 0 Å². The van der Waals surface area contributed by atoms with E-state index in [9.17, 15) is 23.1 Å². The summed E-state index contributed by atoms with van der Waals surface area (Å²) in [5.74, 6) is -1.10. The summed E-state index contributed by atoms with van der Waals surface area (Å²) in [4.78, 5) is 11.8. The molecule has 0 aromatic heterocycles. The number of carboxylic acid groups (broad SMARTS) is 1. The molecule has 184 valence electrons. The molecule has 5 N–H and O–H groups in total. The van der Waals surface area contributed by atoms with Crippen LogP contribution in [0.15, 0.2) is 66.7 Å². The topological polar surface area (TPSA) is 98.6 Å². The molecule has 1 unspecified atom stereocenters. The van der Waals surface area contributed by atoms with Crippen molar-refractivity contribution in [3.8, 4) is 0 Å². The van der Waals surface area contributed by atoms with Gasteiger partial charge in [-0.15, -0.1) is 0 Å². The molecular formula is C27H27F3N2O3. The number of carboxylic acids is 1. The average molecular weight is 485 g/mol. The summed E-state index contributed by atoms with van der Waals surface area (Å²) in [7, 11) is 0. The van der Waals surface area contributed by atoms with E-state index >= 15 is 0 Å². The highest BCUT2D eigenvalue weighted by Gasteiger charge is 2.32. The maximum absolute atomic E-state index is 13.0. The molecule has 0 saturated heterocycles. The van der Waals surface area contributed by atoms with Crippen molar-refractivity contribution in [1.29, 1.82) is 0 Å². The van der Waals surface area contributed by atoms with Crippen LogP contribution in [-0.2, 0) is 10.9 Å². The van der Waals surface area contributed by atoms with Crippen molar-refractivity contribution in [2.45, 2.75) is 50.0 Å². The Balaban J connectivity index is 1.52. The van der Waals surface area contributed by atoms with Crippen LogP contribution in [0.1, 0.15) is 70.3 Å². The van der Waals surface area contributed by atoms with Crippen LogP contribution in [0.25, 0.3) is 0 Å². The molecular weight excluding hydrogens is 457 g/mol. The molecule has 0 bridgehead atoms. The number of hydrogen-bond acceptors (Lipinski definition) is 4. The molecule has 1 aliphatic carbocycles. The van der Waals surface area contributed by atoms with Gasteiger partial charge in [-0.2, -0.15) is 13.2 Å². The van der Waals surface area contributed by atoms with E-state index in [1.807, 2.05) is 30.3 Å². The number of ether oxygens (including phenoxy) is 1. The van der Waals surface area contributed by atoms with Crippen molar-refractivity contribution in [3.05, 3.63) is 94.5 Å². The summed E-state index contributed by atoms with van der Waals surface area (Å²) in [6.07, 6.45) is -2.38. The zero-order valence-electron chi connectivity index (χ0n) is 19.0.